The topological polar surface area (TPSA) is 98.0 Å². The van der Waals surface area contributed by atoms with E-state index in [9.17, 15) is 13.6 Å². The highest BCUT2D eigenvalue weighted by molar-refractivity contribution is 6.07. The summed E-state index contributed by atoms with van der Waals surface area (Å²) < 4.78 is 30.1. The number of hydrogen-bond donors (Lipinski definition) is 1. The van der Waals surface area contributed by atoms with Crippen molar-refractivity contribution in [3.8, 4) is 5.69 Å². The minimum Gasteiger partial charge on any atom is -0.349 e. The Morgan fingerprint density at radius 2 is 1.94 bits per heavy atom. The van der Waals surface area contributed by atoms with Gasteiger partial charge in [0.05, 0.1) is 23.0 Å². The number of fused-ring (bicyclic) bond motifs is 1. The smallest absolute Gasteiger partial charge is 0.253 e. The highest BCUT2D eigenvalue weighted by Crippen LogP contribution is 2.38. The lowest BCUT2D eigenvalue weighted by Crippen LogP contribution is -2.44. The molecule has 36 heavy (non-hydrogen) atoms. The molecule has 1 aliphatic heterocycles. The summed E-state index contributed by atoms with van der Waals surface area (Å²) >= 11 is 0. The Bertz CT molecular complexity index is 1540. The Kier molecular flexibility index (Phi) is 5.55. The molecule has 3 aromatic heterocycles. The second-order valence-corrected chi connectivity index (χ2v) is 8.85. The number of nitrogens with one attached hydrogen (secondary N) is 1. The number of benzene rings is 1. The molecule has 6 rings (SSSR count). The van der Waals surface area contributed by atoms with Crippen LogP contribution in [0.2, 0.25) is 0 Å². The van der Waals surface area contributed by atoms with Crippen molar-refractivity contribution in [3.05, 3.63) is 89.8 Å². The van der Waals surface area contributed by atoms with Crippen molar-refractivity contribution in [2.24, 2.45) is 4.99 Å². The zero-order chi connectivity index (χ0) is 24.6. The van der Waals surface area contributed by atoms with Crippen LogP contribution in [0.1, 0.15) is 47.2 Å². The molecule has 0 radical (unpaired) electrons. The lowest BCUT2D eigenvalue weighted by atomic mass is 9.79. The van der Waals surface area contributed by atoms with Crippen molar-refractivity contribution in [1.82, 2.24) is 30.0 Å². The average molecular weight is 485 g/mol. The Labute approximate surface area is 204 Å². The predicted octanol–water partition coefficient (Wildman–Crippen LogP) is 3.91. The molecule has 180 valence electrons. The summed E-state index contributed by atoms with van der Waals surface area (Å²) in [5.41, 5.74) is 2.03. The third-order valence-electron chi connectivity index (χ3n) is 6.49. The van der Waals surface area contributed by atoms with E-state index in [1.54, 1.807) is 28.8 Å². The molecule has 1 amide bonds. The van der Waals surface area contributed by atoms with E-state index in [4.69, 9.17) is 0 Å². The van der Waals surface area contributed by atoms with Gasteiger partial charge in [-0.1, -0.05) is 18.2 Å². The lowest BCUT2D eigenvalue weighted by Gasteiger charge is -2.35. The number of allylic oxidation sites excluding steroid dienone is 1. The summed E-state index contributed by atoms with van der Waals surface area (Å²) in [7, 11) is 0. The fourth-order valence-corrected chi connectivity index (χ4v) is 4.65. The molecule has 0 unspecified atom stereocenters. The number of carbonyl (C=O) groups excluding carboxylic acids is 1. The molecule has 8 nitrogen and oxygen atoms in total. The van der Waals surface area contributed by atoms with Gasteiger partial charge >= 0.3 is 0 Å². The minimum absolute atomic E-state index is 0.0225. The molecule has 0 spiro atoms. The summed E-state index contributed by atoms with van der Waals surface area (Å²) in [6, 6.07) is 9.22. The van der Waals surface area contributed by atoms with Crippen LogP contribution >= 0.6 is 0 Å². The monoisotopic (exact) mass is 485 g/mol. The van der Waals surface area contributed by atoms with Crippen molar-refractivity contribution in [3.63, 3.8) is 0 Å². The molecular weight excluding hydrogens is 464 g/mol. The van der Waals surface area contributed by atoms with Crippen molar-refractivity contribution in [2.45, 2.75) is 31.2 Å². The standard InChI is InChI=1S/C26H21F2N7O/c27-16-13-21-23(31-14-16)18(8-10-30-21)26(36)32-17-11-15(12-17)24-33-34-25(20-6-3-4-9-29-20)35(24)22-7-2-1-5-19(22)28/h1-3,5-8,10,13-15,17H,4,9,11-12H2,(H,32,36)/t15-,17-. The number of para-hydroxylation sites is 1. The van der Waals surface area contributed by atoms with Gasteiger partial charge in [-0.15, -0.1) is 10.2 Å². The largest absolute Gasteiger partial charge is 0.349 e. The summed E-state index contributed by atoms with van der Waals surface area (Å²) in [5.74, 6) is -0.0807. The maximum Gasteiger partial charge on any atom is 0.253 e. The van der Waals surface area contributed by atoms with Crippen LogP contribution in [-0.2, 0) is 0 Å². The van der Waals surface area contributed by atoms with E-state index in [0.717, 1.165) is 12.6 Å². The van der Waals surface area contributed by atoms with E-state index in [-0.39, 0.29) is 23.7 Å². The fraction of sp³-hybridized carbons (Fsp3) is 0.231. The first-order valence-corrected chi connectivity index (χ1v) is 11.7. The number of hydrogen-bond acceptors (Lipinski definition) is 6. The van der Waals surface area contributed by atoms with Crippen LogP contribution in [0.5, 0.6) is 0 Å². The van der Waals surface area contributed by atoms with Crippen LogP contribution in [-0.4, -0.2) is 48.9 Å². The molecule has 1 N–H and O–H groups in total. The van der Waals surface area contributed by atoms with E-state index >= 15 is 0 Å². The normalized spacial score (nSPS) is 19.1. The molecule has 1 aliphatic carbocycles. The molecule has 1 saturated carbocycles. The van der Waals surface area contributed by atoms with Gasteiger partial charge in [-0.2, -0.15) is 0 Å². The second kappa shape index (κ2) is 9.03. The number of halogens is 2. The third kappa shape index (κ3) is 3.94. The van der Waals surface area contributed by atoms with Crippen LogP contribution in [0.4, 0.5) is 8.78 Å². The fourth-order valence-electron chi connectivity index (χ4n) is 4.65. The molecule has 0 bridgehead atoms. The van der Waals surface area contributed by atoms with E-state index < -0.39 is 5.82 Å². The second-order valence-electron chi connectivity index (χ2n) is 8.85. The van der Waals surface area contributed by atoms with Crippen LogP contribution in [0.3, 0.4) is 0 Å². The maximum absolute atomic E-state index is 14.8. The number of amides is 1. The van der Waals surface area contributed by atoms with Crippen molar-refractivity contribution < 1.29 is 13.6 Å². The molecule has 0 saturated heterocycles. The Hall–Kier alpha value is -4.34. The molecule has 1 fully saturated rings. The van der Waals surface area contributed by atoms with Gasteiger partial charge in [0.15, 0.2) is 5.82 Å². The van der Waals surface area contributed by atoms with Gasteiger partial charge in [-0.3, -0.25) is 24.3 Å². The molecule has 2 aliphatic rings. The first-order chi connectivity index (χ1) is 17.6. The highest BCUT2D eigenvalue weighted by atomic mass is 19.1. The zero-order valence-corrected chi connectivity index (χ0v) is 19.1. The quantitative estimate of drug-likeness (QED) is 0.462. The molecule has 4 aromatic rings. The van der Waals surface area contributed by atoms with Gasteiger partial charge in [0.25, 0.3) is 5.91 Å². The molecular formula is C26H21F2N7O. The average Bonchev–Trinajstić information content (AvgIpc) is 3.30. The summed E-state index contributed by atoms with van der Waals surface area (Å²) in [4.78, 5) is 25.6. The molecule has 1 aromatic carbocycles. The number of aromatic nitrogens is 5. The first-order valence-electron chi connectivity index (χ1n) is 11.7. The van der Waals surface area contributed by atoms with Gasteiger partial charge in [-0.05, 0) is 43.5 Å². The van der Waals surface area contributed by atoms with E-state index in [1.165, 1.54) is 18.3 Å². The third-order valence-corrected chi connectivity index (χ3v) is 6.49. The van der Waals surface area contributed by atoms with Crippen molar-refractivity contribution in [2.75, 3.05) is 6.54 Å². The molecule has 4 heterocycles. The number of pyridine rings is 2. The van der Waals surface area contributed by atoms with E-state index in [0.29, 0.717) is 59.0 Å². The first kappa shape index (κ1) is 22.1. The zero-order valence-electron chi connectivity index (χ0n) is 19.1. The Balaban J connectivity index is 1.24. The Morgan fingerprint density at radius 1 is 1.08 bits per heavy atom. The lowest BCUT2D eigenvalue weighted by molar-refractivity contribution is 0.0908. The van der Waals surface area contributed by atoms with Crippen LogP contribution in [0.25, 0.3) is 16.7 Å². The van der Waals surface area contributed by atoms with Gasteiger partial charge in [0, 0.05) is 30.8 Å². The van der Waals surface area contributed by atoms with Gasteiger partial charge < -0.3 is 5.32 Å². The number of dihydropyridines is 1. The minimum atomic E-state index is -0.512. The number of rotatable bonds is 5. The van der Waals surface area contributed by atoms with Gasteiger partial charge in [0.2, 0.25) is 0 Å². The molecule has 0 atom stereocenters. The summed E-state index contributed by atoms with van der Waals surface area (Å²) in [6.45, 7) is 0.647. The molecule has 10 heteroatoms. The van der Waals surface area contributed by atoms with E-state index in [2.05, 4.69) is 30.5 Å². The highest BCUT2D eigenvalue weighted by Gasteiger charge is 2.37. The summed E-state index contributed by atoms with van der Waals surface area (Å²) in [5, 5.41) is 11.8. The SMILES string of the molecule is O=C(N[C@H]1C[C@H](c2nnc(C3=NCCC=C3)n2-c2ccccc2F)C1)c1ccnc2cc(F)cnc12. The van der Waals surface area contributed by atoms with Crippen LogP contribution in [0, 0.1) is 11.6 Å². The number of nitrogens with zero attached hydrogens (tertiary/aromatic N) is 6. The van der Waals surface area contributed by atoms with Crippen LogP contribution < -0.4 is 5.32 Å². The van der Waals surface area contributed by atoms with Gasteiger partial charge in [-0.25, -0.2) is 8.78 Å². The summed E-state index contributed by atoms with van der Waals surface area (Å²) in [6.07, 6.45) is 8.52. The predicted molar refractivity (Wildman–Crippen MR) is 129 cm³/mol. The number of carbonyl (C=O) groups is 1. The van der Waals surface area contributed by atoms with Gasteiger partial charge in [0.1, 0.15) is 28.7 Å². The van der Waals surface area contributed by atoms with Crippen molar-refractivity contribution >= 4 is 22.7 Å². The maximum atomic E-state index is 14.8. The number of aliphatic imine (C=N–C) groups is 1. The van der Waals surface area contributed by atoms with Crippen molar-refractivity contribution in [1.29, 1.82) is 0 Å². The van der Waals surface area contributed by atoms with Crippen LogP contribution in [0.15, 0.2) is 65.9 Å². The van der Waals surface area contributed by atoms with E-state index in [1.807, 2.05) is 12.2 Å². The Morgan fingerprint density at radius 3 is 2.75 bits per heavy atom.